The molecule has 3 aromatic rings. The van der Waals surface area contributed by atoms with E-state index in [1.165, 1.54) is 42.5 Å². The van der Waals surface area contributed by atoms with Crippen LogP contribution in [0.5, 0.6) is 0 Å². The minimum atomic E-state index is -1.48. The van der Waals surface area contributed by atoms with Crippen LogP contribution in [-0.2, 0) is 14.3 Å². The Labute approximate surface area is 254 Å². The molecule has 2 aliphatic rings. The average Bonchev–Trinajstić information content (AvgIpc) is 3.64. The van der Waals surface area contributed by atoms with E-state index in [9.17, 15) is 34.2 Å². The summed E-state index contributed by atoms with van der Waals surface area (Å²) < 4.78 is 41.5. The molecular weight excluding hydrogens is 611 g/mol. The third kappa shape index (κ3) is 5.84. The quantitative estimate of drug-likeness (QED) is 0.332. The highest BCUT2D eigenvalue weighted by atomic mass is 35.5. The number of hydrogen-bond acceptors (Lipinski definition) is 9. The molecule has 15 heteroatoms. The van der Waals surface area contributed by atoms with E-state index >= 15 is 0 Å². The van der Waals surface area contributed by atoms with E-state index in [4.69, 9.17) is 32.7 Å². The lowest BCUT2D eigenvalue weighted by molar-refractivity contribution is -0.211. The molecule has 2 heterocycles. The van der Waals surface area contributed by atoms with Crippen LogP contribution in [-0.4, -0.2) is 86.5 Å². The maximum Gasteiger partial charge on any atom is 0.259 e. The van der Waals surface area contributed by atoms with E-state index in [1.807, 2.05) is 6.07 Å². The van der Waals surface area contributed by atoms with E-state index in [0.29, 0.717) is 19.3 Å². The number of hydrogen-bond donors (Lipinski definition) is 3. The Kier molecular flexibility index (Phi) is 9.29. The summed E-state index contributed by atoms with van der Waals surface area (Å²) >= 11 is 11.9. The first-order chi connectivity index (χ1) is 20.6. The van der Waals surface area contributed by atoms with Crippen molar-refractivity contribution in [2.45, 2.75) is 61.9 Å². The van der Waals surface area contributed by atoms with Gasteiger partial charge in [-0.05, 0) is 49.6 Å². The lowest BCUT2D eigenvalue weighted by atomic mass is 9.91. The molecule has 7 atom stereocenters. The molecule has 0 bridgehead atoms. The van der Waals surface area contributed by atoms with Crippen LogP contribution in [0, 0.1) is 23.0 Å². The summed E-state index contributed by atoms with van der Waals surface area (Å²) in [6, 6.07) is 6.85. The average molecular weight is 638 g/mol. The van der Waals surface area contributed by atoms with Crippen LogP contribution < -0.4 is 4.90 Å². The second-order valence-electron chi connectivity index (χ2n) is 10.3. The van der Waals surface area contributed by atoms with Crippen molar-refractivity contribution in [2.24, 2.45) is 0 Å². The number of methoxy groups -OCH3 is 1. The number of aliphatic hydroxyl groups excluding tert-OH is 3. The Hall–Kier alpha value is -3.22. The zero-order valence-corrected chi connectivity index (χ0v) is 24.2. The molecule has 43 heavy (non-hydrogen) atoms. The number of aliphatic hydroxyl groups is 3. The summed E-state index contributed by atoms with van der Waals surface area (Å²) in [5.74, 6) is -3.21. The number of carbonyl (C=O) groups is 1. The zero-order valence-electron chi connectivity index (χ0n) is 22.6. The van der Waals surface area contributed by atoms with Crippen LogP contribution in [0.4, 0.5) is 14.5 Å². The van der Waals surface area contributed by atoms with Crippen molar-refractivity contribution in [2.75, 3.05) is 18.6 Å². The van der Waals surface area contributed by atoms with Gasteiger partial charge in [-0.15, -0.1) is 5.10 Å². The molecule has 0 spiro atoms. The SMILES string of the molecule is CO[C@@H]1[C@@H](n2cc(-c3ccc(Cl)c(F)c3F)nn2)[C@@H](O)[C@@H](CO)O[C@H]1C(=O)N(c1cc(Cl)cc(C#N)c1)[C@@H]1CCC[C@H]1O. The molecular formula is C28H27Cl2F2N5O6. The van der Waals surface area contributed by atoms with Gasteiger partial charge in [0.25, 0.3) is 5.91 Å². The number of anilines is 1. The third-order valence-electron chi connectivity index (χ3n) is 7.81. The van der Waals surface area contributed by atoms with E-state index < -0.39 is 71.8 Å². The first-order valence-electron chi connectivity index (χ1n) is 13.3. The summed E-state index contributed by atoms with van der Waals surface area (Å²) in [4.78, 5) is 15.7. The maximum absolute atomic E-state index is 14.7. The van der Waals surface area contributed by atoms with E-state index in [1.54, 1.807) is 0 Å². The third-order valence-corrected chi connectivity index (χ3v) is 8.32. The molecule has 0 unspecified atom stereocenters. The number of amides is 1. The molecule has 1 amide bonds. The summed E-state index contributed by atoms with van der Waals surface area (Å²) in [5.41, 5.74) is 0.0856. The predicted molar refractivity (Wildman–Crippen MR) is 149 cm³/mol. The molecule has 228 valence electrons. The minimum absolute atomic E-state index is 0.0938. The van der Waals surface area contributed by atoms with Crippen molar-refractivity contribution in [1.29, 1.82) is 5.26 Å². The molecule has 1 saturated heterocycles. The van der Waals surface area contributed by atoms with Crippen molar-refractivity contribution in [1.82, 2.24) is 15.0 Å². The Morgan fingerprint density at radius 3 is 2.65 bits per heavy atom. The molecule has 0 radical (unpaired) electrons. The van der Waals surface area contributed by atoms with Gasteiger partial charge in [0.2, 0.25) is 0 Å². The van der Waals surface area contributed by atoms with E-state index in [-0.39, 0.29) is 27.5 Å². The van der Waals surface area contributed by atoms with Crippen molar-refractivity contribution < 1.29 is 38.4 Å². The topological polar surface area (TPSA) is 154 Å². The summed E-state index contributed by atoms with van der Waals surface area (Å²) in [6.45, 7) is -0.696. The monoisotopic (exact) mass is 637 g/mol. The smallest absolute Gasteiger partial charge is 0.259 e. The van der Waals surface area contributed by atoms with Crippen molar-refractivity contribution in [3.8, 4) is 17.3 Å². The predicted octanol–water partition coefficient (Wildman–Crippen LogP) is 3.03. The van der Waals surface area contributed by atoms with Gasteiger partial charge in [-0.25, -0.2) is 13.5 Å². The number of benzene rings is 2. The van der Waals surface area contributed by atoms with Gasteiger partial charge in [0.15, 0.2) is 17.7 Å². The number of halogens is 4. The lowest BCUT2D eigenvalue weighted by Crippen LogP contribution is -2.62. The fourth-order valence-electron chi connectivity index (χ4n) is 5.75. The summed E-state index contributed by atoms with van der Waals surface area (Å²) in [7, 11) is 1.28. The van der Waals surface area contributed by atoms with E-state index in [2.05, 4.69) is 10.3 Å². The van der Waals surface area contributed by atoms with Crippen LogP contribution in [0.2, 0.25) is 10.0 Å². The molecule has 1 aliphatic carbocycles. The van der Waals surface area contributed by atoms with Gasteiger partial charge in [0, 0.05) is 23.4 Å². The second kappa shape index (κ2) is 12.8. The van der Waals surface area contributed by atoms with Crippen molar-refractivity contribution in [3.63, 3.8) is 0 Å². The highest BCUT2D eigenvalue weighted by Crippen LogP contribution is 2.38. The molecule has 11 nitrogen and oxygen atoms in total. The number of ether oxygens (including phenoxy) is 2. The molecule has 2 aromatic carbocycles. The Morgan fingerprint density at radius 2 is 2.00 bits per heavy atom. The Morgan fingerprint density at radius 1 is 1.23 bits per heavy atom. The fraction of sp³-hybridized carbons (Fsp3) is 0.429. The molecule has 1 aromatic heterocycles. The number of nitrogens with zero attached hydrogens (tertiary/aromatic N) is 5. The highest BCUT2D eigenvalue weighted by Gasteiger charge is 2.52. The molecule has 1 aliphatic heterocycles. The second-order valence-corrected chi connectivity index (χ2v) is 11.2. The van der Waals surface area contributed by atoms with Crippen LogP contribution in [0.15, 0.2) is 36.5 Å². The van der Waals surface area contributed by atoms with Crippen LogP contribution >= 0.6 is 23.2 Å². The normalized spacial score (nSPS) is 27.2. The minimum Gasteiger partial charge on any atom is -0.394 e. The number of nitriles is 1. The molecule has 3 N–H and O–H groups in total. The van der Waals surface area contributed by atoms with Gasteiger partial charge in [-0.3, -0.25) is 4.79 Å². The maximum atomic E-state index is 14.7. The molecule has 5 rings (SSSR count). The van der Waals surface area contributed by atoms with Gasteiger partial charge < -0.3 is 29.7 Å². The van der Waals surface area contributed by atoms with Gasteiger partial charge in [-0.1, -0.05) is 28.4 Å². The van der Waals surface area contributed by atoms with Crippen LogP contribution in [0.1, 0.15) is 30.9 Å². The van der Waals surface area contributed by atoms with Gasteiger partial charge >= 0.3 is 0 Å². The first-order valence-corrected chi connectivity index (χ1v) is 14.1. The lowest BCUT2D eigenvalue weighted by Gasteiger charge is -2.45. The standard InChI is InChI=1S/C28H27Cl2F2N5O6/c1-42-26-24(36-11-18(34-35-36)16-5-6-17(30)23(32)22(16)31)25(40)21(12-38)43-27(26)28(41)37(19-3-2-4-20(19)39)15-8-13(10-33)7-14(29)9-15/h5-9,11,19-21,24-27,38-40H,2-4,12H2,1H3/t19-,20-,21-,24+,25+,26-,27-/m1/s1. The first kappa shape index (κ1) is 31.2. The largest absolute Gasteiger partial charge is 0.394 e. The Balaban J connectivity index is 1.56. The van der Waals surface area contributed by atoms with Gasteiger partial charge in [-0.2, -0.15) is 5.26 Å². The van der Waals surface area contributed by atoms with Crippen LogP contribution in [0.3, 0.4) is 0 Å². The number of carbonyl (C=O) groups excluding carboxylic acids is 1. The van der Waals surface area contributed by atoms with Gasteiger partial charge in [0.05, 0.1) is 41.6 Å². The Bertz CT molecular complexity index is 1550. The van der Waals surface area contributed by atoms with Crippen molar-refractivity contribution in [3.05, 3.63) is 63.8 Å². The van der Waals surface area contributed by atoms with Crippen molar-refractivity contribution >= 4 is 34.8 Å². The fourth-order valence-corrected chi connectivity index (χ4v) is 6.12. The van der Waals surface area contributed by atoms with Crippen LogP contribution in [0.25, 0.3) is 11.3 Å². The van der Waals surface area contributed by atoms with Gasteiger partial charge in [0.1, 0.15) is 30.0 Å². The summed E-state index contributed by atoms with van der Waals surface area (Å²) in [5, 5.41) is 49.3. The zero-order chi connectivity index (χ0) is 31.0. The highest BCUT2D eigenvalue weighted by molar-refractivity contribution is 6.31. The number of rotatable bonds is 7. The molecule has 2 fully saturated rings. The van der Waals surface area contributed by atoms with E-state index in [0.717, 1.165) is 10.7 Å². The summed E-state index contributed by atoms with van der Waals surface area (Å²) in [6.07, 6.45) is -3.64. The molecule has 1 saturated carbocycles. The number of aromatic nitrogens is 3.